The Morgan fingerprint density at radius 2 is 2.13 bits per heavy atom. The molecule has 2 aromatic rings. The summed E-state index contributed by atoms with van der Waals surface area (Å²) in [6.45, 7) is 4.26. The number of oxazole rings is 1. The second-order valence-corrected chi connectivity index (χ2v) is 6.53. The summed E-state index contributed by atoms with van der Waals surface area (Å²) in [4.78, 5) is 4.33. The van der Waals surface area contributed by atoms with Crippen LogP contribution in [0.25, 0.3) is 11.1 Å². The third kappa shape index (κ3) is 3.38. The molecule has 2 atom stereocenters. The third-order valence-electron chi connectivity index (χ3n) is 4.37. The molecule has 1 saturated carbocycles. The summed E-state index contributed by atoms with van der Waals surface area (Å²) in [7, 11) is 0. The standard InChI is InChI=1S/C17H22F2N2O2/c1-9(2)17-21-13-7-10(6-11(16(18)19)15(13)23-17)8-20-12-4-3-5-14(12)22/h6-7,9,12,14,16,20,22H,3-5,8H2,1-2H3/t12-,14-/m0/s1. The molecular formula is C17H22F2N2O2. The minimum Gasteiger partial charge on any atom is -0.440 e. The molecule has 0 bridgehead atoms. The van der Waals surface area contributed by atoms with E-state index < -0.39 is 6.43 Å². The lowest BCUT2D eigenvalue weighted by atomic mass is 10.1. The molecule has 1 aromatic carbocycles. The first-order valence-electron chi connectivity index (χ1n) is 8.08. The predicted molar refractivity (Wildman–Crippen MR) is 83.5 cm³/mol. The van der Waals surface area contributed by atoms with Gasteiger partial charge < -0.3 is 14.8 Å². The van der Waals surface area contributed by atoms with Crippen LogP contribution in [0.3, 0.4) is 0 Å². The van der Waals surface area contributed by atoms with Crippen molar-refractivity contribution < 1.29 is 18.3 Å². The lowest BCUT2D eigenvalue weighted by molar-refractivity contribution is 0.148. The first-order valence-corrected chi connectivity index (χ1v) is 8.08. The first-order chi connectivity index (χ1) is 11.0. The highest BCUT2D eigenvalue weighted by atomic mass is 19.3. The maximum Gasteiger partial charge on any atom is 0.267 e. The Morgan fingerprint density at radius 1 is 1.35 bits per heavy atom. The molecule has 3 rings (SSSR count). The molecule has 0 amide bonds. The second kappa shape index (κ2) is 6.53. The molecule has 0 aliphatic heterocycles. The van der Waals surface area contributed by atoms with Crippen LogP contribution >= 0.6 is 0 Å². The maximum atomic E-state index is 13.3. The topological polar surface area (TPSA) is 58.3 Å². The van der Waals surface area contributed by atoms with Gasteiger partial charge in [0.15, 0.2) is 11.5 Å². The van der Waals surface area contributed by atoms with E-state index in [1.165, 1.54) is 6.07 Å². The molecule has 0 spiro atoms. The Balaban J connectivity index is 1.88. The van der Waals surface area contributed by atoms with Crippen LogP contribution in [-0.4, -0.2) is 22.2 Å². The van der Waals surface area contributed by atoms with Crippen molar-refractivity contribution in [3.8, 4) is 0 Å². The number of nitrogens with one attached hydrogen (secondary N) is 1. The van der Waals surface area contributed by atoms with Crippen molar-refractivity contribution in [1.82, 2.24) is 10.3 Å². The summed E-state index contributed by atoms with van der Waals surface area (Å²) in [5.74, 6) is 0.515. The van der Waals surface area contributed by atoms with Crippen molar-refractivity contribution in [1.29, 1.82) is 0 Å². The van der Waals surface area contributed by atoms with Crippen molar-refractivity contribution in [3.05, 3.63) is 29.2 Å². The minimum atomic E-state index is -2.61. The number of halogens is 2. The maximum absolute atomic E-state index is 13.3. The van der Waals surface area contributed by atoms with Gasteiger partial charge in [0.05, 0.1) is 11.7 Å². The average Bonchev–Trinajstić information content (AvgIpc) is 3.10. The number of hydrogen-bond acceptors (Lipinski definition) is 4. The summed E-state index contributed by atoms with van der Waals surface area (Å²) in [5, 5.41) is 13.1. The van der Waals surface area contributed by atoms with E-state index in [0.717, 1.165) is 24.8 Å². The highest BCUT2D eigenvalue weighted by Gasteiger charge is 2.25. The van der Waals surface area contributed by atoms with Gasteiger partial charge in [0.1, 0.15) is 5.52 Å². The highest BCUT2D eigenvalue weighted by molar-refractivity contribution is 5.78. The average molecular weight is 324 g/mol. The molecule has 2 N–H and O–H groups in total. The van der Waals surface area contributed by atoms with Gasteiger partial charge in [-0.1, -0.05) is 13.8 Å². The number of rotatable bonds is 5. The number of fused-ring (bicyclic) bond motifs is 1. The Bertz CT molecular complexity index is 685. The Morgan fingerprint density at radius 3 is 2.74 bits per heavy atom. The fraction of sp³-hybridized carbons (Fsp3) is 0.588. The van der Waals surface area contributed by atoms with Crippen molar-refractivity contribution in [2.24, 2.45) is 0 Å². The molecule has 0 saturated heterocycles. The molecule has 0 radical (unpaired) electrons. The van der Waals surface area contributed by atoms with E-state index in [1.807, 2.05) is 13.8 Å². The molecule has 23 heavy (non-hydrogen) atoms. The zero-order valence-electron chi connectivity index (χ0n) is 13.4. The van der Waals surface area contributed by atoms with Crippen molar-refractivity contribution >= 4 is 11.1 Å². The number of hydrogen-bond donors (Lipinski definition) is 2. The minimum absolute atomic E-state index is 0.0317. The Labute approximate surface area is 133 Å². The molecule has 0 unspecified atom stereocenters. The number of aliphatic hydroxyl groups is 1. The Kier molecular flexibility index (Phi) is 4.64. The van der Waals surface area contributed by atoms with Crippen LogP contribution in [0.4, 0.5) is 8.78 Å². The summed E-state index contributed by atoms with van der Waals surface area (Å²) in [5.41, 5.74) is 1.25. The van der Waals surface area contributed by atoms with E-state index in [4.69, 9.17) is 4.42 Å². The molecule has 1 aliphatic carbocycles. The van der Waals surface area contributed by atoms with Gasteiger partial charge in [0, 0.05) is 18.5 Å². The zero-order valence-corrected chi connectivity index (χ0v) is 13.4. The molecule has 1 aromatic heterocycles. The number of aromatic nitrogens is 1. The van der Waals surface area contributed by atoms with Gasteiger partial charge in [0.2, 0.25) is 0 Å². The predicted octanol–water partition coefficient (Wildman–Crippen LogP) is 3.89. The van der Waals surface area contributed by atoms with Gasteiger partial charge in [0.25, 0.3) is 6.43 Å². The van der Waals surface area contributed by atoms with Crippen LogP contribution in [0.2, 0.25) is 0 Å². The van der Waals surface area contributed by atoms with Gasteiger partial charge in [-0.3, -0.25) is 0 Å². The quantitative estimate of drug-likeness (QED) is 0.876. The van der Waals surface area contributed by atoms with Crippen molar-refractivity contribution in [3.63, 3.8) is 0 Å². The van der Waals surface area contributed by atoms with Crippen LogP contribution < -0.4 is 5.32 Å². The van der Waals surface area contributed by atoms with E-state index in [9.17, 15) is 13.9 Å². The molecule has 6 heteroatoms. The third-order valence-corrected chi connectivity index (χ3v) is 4.37. The van der Waals surface area contributed by atoms with Crippen molar-refractivity contribution in [2.75, 3.05) is 0 Å². The highest BCUT2D eigenvalue weighted by Crippen LogP contribution is 2.32. The number of nitrogens with zero attached hydrogens (tertiary/aromatic N) is 1. The first kappa shape index (κ1) is 16.3. The molecule has 126 valence electrons. The van der Waals surface area contributed by atoms with Crippen LogP contribution in [-0.2, 0) is 6.54 Å². The van der Waals surface area contributed by atoms with E-state index >= 15 is 0 Å². The van der Waals surface area contributed by atoms with E-state index in [0.29, 0.717) is 18.0 Å². The SMILES string of the molecule is CC(C)c1nc2cc(CN[C@H]3CCC[C@@H]3O)cc(C(F)F)c2o1. The summed E-state index contributed by atoms with van der Waals surface area (Å²) in [6.07, 6.45) is -0.274. The molecular weight excluding hydrogens is 302 g/mol. The number of alkyl halides is 2. The number of aliphatic hydroxyl groups excluding tert-OH is 1. The molecule has 1 heterocycles. The number of benzene rings is 1. The van der Waals surface area contributed by atoms with Crippen LogP contribution in [0.15, 0.2) is 16.5 Å². The second-order valence-electron chi connectivity index (χ2n) is 6.53. The molecule has 4 nitrogen and oxygen atoms in total. The summed E-state index contributed by atoms with van der Waals surface area (Å²) < 4.78 is 32.2. The Hall–Kier alpha value is -1.53. The van der Waals surface area contributed by atoms with Crippen LogP contribution in [0.1, 0.15) is 62.5 Å². The van der Waals surface area contributed by atoms with Gasteiger partial charge in [-0.2, -0.15) is 0 Å². The normalized spacial score (nSPS) is 21.9. The van der Waals surface area contributed by atoms with Gasteiger partial charge in [-0.05, 0) is 37.0 Å². The van der Waals surface area contributed by atoms with E-state index in [-0.39, 0.29) is 29.2 Å². The fourth-order valence-electron chi connectivity index (χ4n) is 3.07. The van der Waals surface area contributed by atoms with Gasteiger partial charge in [-0.15, -0.1) is 0 Å². The smallest absolute Gasteiger partial charge is 0.267 e. The summed E-state index contributed by atoms with van der Waals surface area (Å²) in [6, 6.07) is 3.28. The van der Waals surface area contributed by atoms with Crippen molar-refractivity contribution in [2.45, 2.75) is 64.1 Å². The van der Waals surface area contributed by atoms with E-state index in [1.54, 1.807) is 6.07 Å². The fourth-order valence-corrected chi connectivity index (χ4v) is 3.07. The molecule has 1 aliphatic rings. The lowest BCUT2D eigenvalue weighted by Gasteiger charge is -2.16. The van der Waals surface area contributed by atoms with Crippen LogP contribution in [0, 0.1) is 0 Å². The van der Waals surface area contributed by atoms with Gasteiger partial charge in [-0.25, -0.2) is 13.8 Å². The van der Waals surface area contributed by atoms with E-state index in [2.05, 4.69) is 10.3 Å². The lowest BCUT2D eigenvalue weighted by Crippen LogP contribution is -2.35. The zero-order chi connectivity index (χ0) is 16.6. The summed E-state index contributed by atoms with van der Waals surface area (Å²) >= 11 is 0. The molecule has 1 fully saturated rings. The van der Waals surface area contributed by atoms with Gasteiger partial charge >= 0.3 is 0 Å². The monoisotopic (exact) mass is 324 g/mol. The van der Waals surface area contributed by atoms with Crippen LogP contribution in [0.5, 0.6) is 0 Å². The largest absolute Gasteiger partial charge is 0.440 e.